The smallest absolute Gasteiger partial charge is 0.306 e. The molecule has 6 nitrogen and oxygen atoms in total. The van der Waals surface area contributed by atoms with Gasteiger partial charge in [0.1, 0.15) is 0 Å². The van der Waals surface area contributed by atoms with Gasteiger partial charge in [-0.25, -0.2) is 4.72 Å². The molecular weight excluding hydrogens is 244 g/mol. The summed E-state index contributed by atoms with van der Waals surface area (Å²) in [6.45, 7) is 2.60. The third-order valence-corrected chi connectivity index (χ3v) is 3.91. The molecule has 0 saturated heterocycles. The van der Waals surface area contributed by atoms with Gasteiger partial charge in [0.25, 0.3) is 10.2 Å². The lowest BCUT2D eigenvalue weighted by atomic mass is 10.3. The molecule has 1 N–H and O–H groups in total. The van der Waals surface area contributed by atoms with Crippen LogP contribution in [-0.4, -0.2) is 45.9 Å². The van der Waals surface area contributed by atoms with Crippen molar-refractivity contribution in [2.75, 3.05) is 27.2 Å². The summed E-state index contributed by atoms with van der Waals surface area (Å²) in [4.78, 5) is 10.9. The number of ether oxygens (including phenoxy) is 1. The zero-order chi connectivity index (χ0) is 13.3. The van der Waals surface area contributed by atoms with Crippen LogP contribution >= 0.6 is 0 Å². The van der Waals surface area contributed by atoms with E-state index in [2.05, 4.69) is 16.4 Å². The van der Waals surface area contributed by atoms with Gasteiger partial charge in [0.05, 0.1) is 13.5 Å². The van der Waals surface area contributed by atoms with Gasteiger partial charge in [-0.2, -0.15) is 12.7 Å². The van der Waals surface area contributed by atoms with E-state index >= 15 is 0 Å². The molecule has 0 aromatic carbocycles. The molecule has 17 heavy (non-hydrogen) atoms. The van der Waals surface area contributed by atoms with E-state index in [0.717, 1.165) is 23.6 Å². The highest BCUT2D eigenvalue weighted by atomic mass is 32.2. The van der Waals surface area contributed by atoms with Crippen LogP contribution in [0.25, 0.3) is 0 Å². The van der Waals surface area contributed by atoms with Crippen molar-refractivity contribution < 1.29 is 17.9 Å². The van der Waals surface area contributed by atoms with Crippen molar-refractivity contribution in [1.29, 1.82) is 0 Å². The van der Waals surface area contributed by atoms with Crippen LogP contribution < -0.4 is 4.72 Å². The number of methoxy groups -OCH3 is 1. The van der Waals surface area contributed by atoms with Crippen LogP contribution in [0.1, 0.15) is 32.6 Å². The van der Waals surface area contributed by atoms with E-state index in [4.69, 9.17) is 0 Å². The van der Waals surface area contributed by atoms with Crippen LogP contribution in [0.4, 0.5) is 0 Å². The average molecular weight is 266 g/mol. The Hall–Kier alpha value is -0.660. The van der Waals surface area contributed by atoms with E-state index in [-0.39, 0.29) is 13.0 Å². The molecule has 0 aliphatic heterocycles. The van der Waals surface area contributed by atoms with Gasteiger partial charge in [0.15, 0.2) is 0 Å². The fraction of sp³-hybridized carbons (Fsp3) is 0.900. The van der Waals surface area contributed by atoms with Crippen LogP contribution in [0.2, 0.25) is 0 Å². The lowest BCUT2D eigenvalue weighted by Crippen LogP contribution is -2.39. The van der Waals surface area contributed by atoms with Crippen LogP contribution in [0.15, 0.2) is 0 Å². The Balaban J connectivity index is 3.99. The summed E-state index contributed by atoms with van der Waals surface area (Å²) in [6, 6.07) is 0. The van der Waals surface area contributed by atoms with E-state index in [1.165, 1.54) is 14.2 Å². The average Bonchev–Trinajstić information content (AvgIpc) is 2.31. The Morgan fingerprint density at radius 2 is 2.00 bits per heavy atom. The number of carbonyl (C=O) groups excluding carboxylic acids is 1. The number of unbranched alkanes of at least 4 members (excludes halogenated alkanes) is 2. The molecule has 7 heteroatoms. The summed E-state index contributed by atoms with van der Waals surface area (Å²) < 4.78 is 31.4. The van der Waals surface area contributed by atoms with Crippen molar-refractivity contribution in [3.05, 3.63) is 0 Å². The Labute approximate surface area is 104 Å². The number of nitrogens with one attached hydrogen (secondary N) is 1. The van der Waals surface area contributed by atoms with Gasteiger partial charge >= 0.3 is 5.97 Å². The maximum atomic E-state index is 11.7. The summed E-state index contributed by atoms with van der Waals surface area (Å²) in [7, 11) is -0.756. The first-order chi connectivity index (χ1) is 7.94. The van der Waals surface area contributed by atoms with Crippen LogP contribution in [0.5, 0.6) is 0 Å². The highest BCUT2D eigenvalue weighted by Crippen LogP contribution is 1.98. The molecule has 0 fully saturated rings. The molecule has 102 valence electrons. The van der Waals surface area contributed by atoms with Crippen molar-refractivity contribution in [1.82, 2.24) is 9.03 Å². The summed E-state index contributed by atoms with van der Waals surface area (Å²) in [5.41, 5.74) is 0. The molecule has 0 amide bonds. The Morgan fingerprint density at radius 3 is 2.53 bits per heavy atom. The van der Waals surface area contributed by atoms with Gasteiger partial charge in [-0.1, -0.05) is 19.8 Å². The summed E-state index contributed by atoms with van der Waals surface area (Å²) >= 11 is 0. The lowest BCUT2D eigenvalue weighted by molar-refractivity contribution is -0.140. The third kappa shape index (κ3) is 7.30. The van der Waals surface area contributed by atoms with Gasteiger partial charge < -0.3 is 4.74 Å². The summed E-state index contributed by atoms with van der Waals surface area (Å²) in [5.74, 6) is -0.418. The number of hydrogen-bond donors (Lipinski definition) is 1. The van der Waals surface area contributed by atoms with Crippen LogP contribution in [0.3, 0.4) is 0 Å². The van der Waals surface area contributed by atoms with Gasteiger partial charge in [-0.3, -0.25) is 4.79 Å². The highest BCUT2D eigenvalue weighted by molar-refractivity contribution is 7.87. The predicted molar refractivity (Wildman–Crippen MR) is 65.7 cm³/mol. The largest absolute Gasteiger partial charge is 0.469 e. The molecule has 0 unspecified atom stereocenters. The Bertz CT molecular complexity index is 316. The first-order valence-corrected chi connectivity index (χ1v) is 7.15. The first-order valence-electron chi connectivity index (χ1n) is 5.71. The second kappa shape index (κ2) is 8.43. The molecular formula is C10H22N2O4S. The van der Waals surface area contributed by atoms with Crippen LogP contribution in [0, 0.1) is 0 Å². The maximum Gasteiger partial charge on any atom is 0.306 e. The van der Waals surface area contributed by atoms with Gasteiger partial charge in [0, 0.05) is 20.1 Å². The van der Waals surface area contributed by atoms with Crippen molar-refractivity contribution in [3.8, 4) is 0 Å². The number of esters is 1. The molecule has 0 rings (SSSR count). The topological polar surface area (TPSA) is 75.7 Å². The van der Waals surface area contributed by atoms with E-state index in [1.807, 2.05) is 0 Å². The van der Waals surface area contributed by atoms with E-state index in [0.29, 0.717) is 6.54 Å². The highest BCUT2D eigenvalue weighted by Gasteiger charge is 2.17. The Morgan fingerprint density at radius 1 is 1.35 bits per heavy atom. The van der Waals surface area contributed by atoms with Crippen molar-refractivity contribution in [2.45, 2.75) is 32.6 Å². The zero-order valence-electron chi connectivity index (χ0n) is 10.7. The molecule has 0 aromatic rings. The first kappa shape index (κ1) is 16.3. The summed E-state index contributed by atoms with van der Waals surface area (Å²) in [5, 5.41) is 0. The molecule has 0 atom stereocenters. The van der Waals surface area contributed by atoms with Crippen molar-refractivity contribution in [3.63, 3.8) is 0 Å². The maximum absolute atomic E-state index is 11.7. The number of rotatable bonds is 9. The zero-order valence-corrected chi connectivity index (χ0v) is 11.5. The molecule has 0 aliphatic rings. The molecule has 0 aliphatic carbocycles. The van der Waals surface area contributed by atoms with E-state index in [1.54, 1.807) is 0 Å². The second-order valence-corrected chi connectivity index (χ2v) is 5.62. The van der Waals surface area contributed by atoms with Gasteiger partial charge in [-0.05, 0) is 6.42 Å². The van der Waals surface area contributed by atoms with Gasteiger partial charge in [0.2, 0.25) is 0 Å². The SMILES string of the molecule is CCCCCNS(=O)(=O)N(C)CCC(=O)OC. The van der Waals surface area contributed by atoms with Crippen molar-refractivity contribution >= 4 is 16.2 Å². The number of carbonyl (C=O) groups is 1. The number of nitrogens with zero attached hydrogens (tertiary/aromatic N) is 1. The minimum absolute atomic E-state index is 0.0584. The molecule has 0 radical (unpaired) electrons. The van der Waals surface area contributed by atoms with Crippen LogP contribution in [-0.2, 0) is 19.7 Å². The standard InChI is InChI=1S/C10H22N2O4S/c1-4-5-6-8-11-17(14,15)12(2)9-7-10(13)16-3/h11H,4-9H2,1-3H3. The monoisotopic (exact) mass is 266 g/mol. The fourth-order valence-corrected chi connectivity index (χ4v) is 2.11. The van der Waals surface area contributed by atoms with E-state index in [9.17, 15) is 13.2 Å². The lowest BCUT2D eigenvalue weighted by Gasteiger charge is -2.16. The second-order valence-electron chi connectivity index (χ2n) is 3.75. The molecule has 0 bridgehead atoms. The summed E-state index contributed by atoms with van der Waals surface area (Å²) in [6.07, 6.45) is 2.91. The minimum atomic E-state index is -3.47. The third-order valence-electron chi connectivity index (χ3n) is 2.33. The quantitative estimate of drug-likeness (QED) is 0.487. The molecule has 0 heterocycles. The van der Waals surface area contributed by atoms with Gasteiger partial charge in [-0.15, -0.1) is 0 Å². The van der Waals surface area contributed by atoms with Crippen molar-refractivity contribution in [2.24, 2.45) is 0 Å². The molecule has 0 aromatic heterocycles. The molecule has 0 saturated carbocycles. The molecule has 0 spiro atoms. The van der Waals surface area contributed by atoms with E-state index < -0.39 is 16.2 Å². The fourth-order valence-electron chi connectivity index (χ4n) is 1.16. The minimum Gasteiger partial charge on any atom is -0.469 e. The number of hydrogen-bond acceptors (Lipinski definition) is 4. The normalized spacial score (nSPS) is 11.8. The Kier molecular flexibility index (Phi) is 8.11. The predicted octanol–water partition coefficient (Wildman–Crippen LogP) is 0.506.